The highest BCUT2D eigenvalue weighted by Gasteiger charge is 2.13. The number of hydrogen-bond acceptors (Lipinski definition) is 4. The molecule has 20 heavy (non-hydrogen) atoms. The molecule has 0 aromatic carbocycles. The average molecular weight is 346 g/mol. The number of carbonyl (C=O) groups is 2. The van der Waals surface area contributed by atoms with Crippen molar-refractivity contribution < 1.29 is 14.3 Å². The van der Waals surface area contributed by atoms with Crippen LogP contribution in [0.3, 0.4) is 0 Å². The van der Waals surface area contributed by atoms with E-state index in [1.165, 1.54) is 0 Å². The maximum absolute atomic E-state index is 11.7. The minimum absolute atomic E-state index is 0.148. The van der Waals surface area contributed by atoms with Gasteiger partial charge in [-0.3, -0.25) is 9.59 Å². The number of H-pyrrole nitrogens is 1. The zero-order valence-corrected chi connectivity index (χ0v) is 13.0. The summed E-state index contributed by atoms with van der Waals surface area (Å²) in [4.78, 5) is 25.8. The summed E-state index contributed by atoms with van der Waals surface area (Å²) in [6.07, 6.45) is 3.78. The zero-order chi connectivity index (χ0) is 15.0. The van der Waals surface area contributed by atoms with Crippen molar-refractivity contribution in [2.75, 3.05) is 13.2 Å². The predicted octanol–water partition coefficient (Wildman–Crippen LogP) is 1.57. The first-order valence-corrected chi connectivity index (χ1v) is 7.38. The van der Waals surface area contributed by atoms with Gasteiger partial charge in [-0.25, -0.2) is 0 Å². The lowest BCUT2D eigenvalue weighted by atomic mass is 10.1. The first-order chi connectivity index (χ1) is 9.54. The Morgan fingerprint density at radius 2 is 2.25 bits per heavy atom. The Balaban J connectivity index is 2.13. The second-order valence-corrected chi connectivity index (χ2v) is 5.26. The van der Waals surface area contributed by atoms with Crippen molar-refractivity contribution in [2.45, 2.75) is 32.2 Å². The van der Waals surface area contributed by atoms with Crippen molar-refractivity contribution in [3.63, 3.8) is 0 Å². The molecule has 112 valence electrons. The fraction of sp³-hybridized carbons (Fsp3) is 0.538. The van der Waals surface area contributed by atoms with Gasteiger partial charge in [-0.1, -0.05) is 0 Å². The van der Waals surface area contributed by atoms with E-state index in [4.69, 9.17) is 10.5 Å². The summed E-state index contributed by atoms with van der Waals surface area (Å²) >= 11 is 3.27. The molecular formula is C13H20BrN3O3. The molecule has 1 aromatic rings. The zero-order valence-electron chi connectivity index (χ0n) is 11.4. The van der Waals surface area contributed by atoms with Gasteiger partial charge in [0.1, 0.15) is 11.7 Å². The predicted molar refractivity (Wildman–Crippen MR) is 79.3 cm³/mol. The Labute approximate surface area is 126 Å². The van der Waals surface area contributed by atoms with E-state index in [9.17, 15) is 9.59 Å². The van der Waals surface area contributed by atoms with E-state index in [2.05, 4.69) is 26.2 Å². The van der Waals surface area contributed by atoms with E-state index < -0.39 is 6.04 Å². The highest BCUT2D eigenvalue weighted by atomic mass is 79.9. The molecule has 4 N–H and O–H groups in total. The molecule has 0 saturated heterocycles. The van der Waals surface area contributed by atoms with Gasteiger partial charge in [-0.15, -0.1) is 0 Å². The summed E-state index contributed by atoms with van der Waals surface area (Å²) in [6, 6.07) is 1.14. The molecule has 0 saturated carbocycles. The topological polar surface area (TPSA) is 97.2 Å². The lowest BCUT2D eigenvalue weighted by Gasteiger charge is -2.10. The van der Waals surface area contributed by atoms with Gasteiger partial charge in [0.05, 0.1) is 6.61 Å². The van der Waals surface area contributed by atoms with Crippen LogP contribution >= 0.6 is 15.9 Å². The van der Waals surface area contributed by atoms with Crippen LogP contribution in [0.5, 0.6) is 0 Å². The Bertz CT molecular complexity index is 448. The van der Waals surface area contributed by atoms with Crippen LogP contribution in [0.15, 0.2) is 16.7 Å². The van der Waals surface area contributed by atoms with Crippen molar-refractivity contribution in [3.8, 4) is 0 Å². The highest BCUT2D eigenvalue weighted by molar-refractivity contribution is 9.10. The molecule has 0 aliphatic heterocycles. The second kappa shape index (κ2) is 8.76. The van der Waals surface area contributed by atoms with Crippen molar-refractivity contribution in [2.24, 2.45) is 5.73 Å². The van der Waals surface area contributed by atoms with E-state index >= 15 is 0 Å². The molecule has 1 rings (SSSR count). The van der Waals surface area contributed by atoms with Gasteiger partial charge in [0, 0.05) is 17.2 Å². The van der Waals surface area contributed by atoms with Gasteiger partial charge in [-0.2, -0.15) is 0 Å². The summed E-state index contributed by atoms with van der Waals surface area (Å²) in [5.41, 5.74) is 6.18. The van der Waals surface area contributed by atoms with E-state index in [1.807, 2.05) is 0 Å². The fourth-order valence-electron chi connectivity index (χ4n) is 1.65. The standard InChI is InChI=1S/C13H20BrN3O3/c1-2-20-13(19)10(15)5-3-4-6-16-12(18)11-7-9(14)8-17-11/h7-8,10,17H,2-6,15H2,1H3,(H,16,18)/t10-/m0/s1. The lowest BCUT2D eigenvalue weighted by molar-refractivity contribution is -0.144. The Morgan fingerprint density at radius 3 is 2.85 bits per heavy atom. The van der Waals surface area contributed by atoms with Crippen LogP contribution in [0.2, 0.25) is 0 Å². The van der Waals surface area contributed by atoms with Crippen LogP contribution in [0, 0.1) is 0 Å². The summed E-state index contributed by atoms with van der Waals surface area (Å²) in [5, 5.41) is 2.79. The molecule has 0 aliphatic rings. The minimum atomic E-state index is -0.579. The van der Waals surface area contributed by atoms with E-state index in [0.29, 0.717) is 25.3 Å². The highest BCUT2D eigenvalue weighted by Crippen LogP contribution is 2.10. The van der Waals surface area contributed by atoms with Gasteiger partial charge < -0.3 is 20.8 Å². The van der Waals surface area contributed by atoms with Gasteiger partial charge >= 0.3 is 5.97 Å². The number of esters is 1. The minimum Gasteiger partial charge on any atom is -0.465 e. The van der Waals surface area contributed by atoms with Crippen LogP contribution < -0.4 is 11.1 Å². The Kier molecular flexibility index (Phi) is 7.32. The monoisotopic (exact) mass is 345 g/mol. The molecule has 0 aliphatic carbocycles. The van der Waals surface area contributed by atoms with Crippen LogP contribution in [0.4, 0.5) is 0 Å². The van der Waals surface area contributed by atoms with Gasteiger partial charge in [0.25, 0.3) is 5.91 Å². The molecule has 7 heteroatoms. The molecule has 0 spiro atoms. The normalized spacial score (nSPS) is 11.9. The maximum atomic E-state index is 11.7. The number of aromatic nitrogens is 1. The summed E-state index contributed by atoms with van der Waals surface area (Å²) in [5.74, 6) is -0.516. The number of amides is 1. The molecule has 6 nitrogen and oxygen atoms in total. The second-order valence-electron chi connectivity index (χ2n) is 4.34. The molecule has 1 amide bonds. The van der Waals surface area contributed by atoms with Gasteiger partial charge in [-0.05, 0) is 48.2 Å². The smallest absolute Gasteiger partial charge is 0.322 e. The molecular weight excluding hydrogens is 326 g/mol. The number of nitrogens with one attached hydrogen (secondary N) is 2. The molecule has 0 fully saturated rings. The first-order valence-electron chi connectivity index (χ1n) is 6.59. The molecule has 0 radical (unpaired) electrons. The molecule has 0 unspecified atom stereocenters. The maximum Gasteiger partial charge on any atom is 0.322 e. The van der Waals surface area contributed by atoms with Crippen molar-refractivity contribution >= 4 is 27.8 Å². The fourth-order valence-corrected chi connectivity index (χ4v) is 2.00. The number of hydrogen-bond donors (Lipinski definition) is 3. The van der Waals surface area contributed by atoms with Crippen LogP contribution in [-0.4, -0.2) is 36.1 Å². The number of nitrogens with two attached hydrogens (primary N) is 1. The van der Waals surface area contributed by atoms with Crippen molar-refractivity contribution in [3.05, 3.63) is 22.4 Å². The molecule has 0 bridgehead atoms. The first kappa shape index (κ1) is 16.7. The van der Waals surface area contributed by atoms with Gasteiger partial charge in [0.15, 0.2) is 0 Å². The van der Waals surface area contributed by atoms with Crippen LogP contribution in [0.25, 0.3) is 0 Å². The van der Waals surface area contributed by atoms with E-state index in [1.54, 1.807) is 19.2 Å². The van der Waals surface area contributed by atoms with E-state index in [0.717, 1.165) is 17.3 Å². The average Bonchev–Trinajstić information content (AvgIpc) is 2.85. The SMILES string of the molecule is CCOC(=O)[C@@H](N)CCCCNC(=O)c1cc(Br)c[nH]1. The third kappa shape index (κ3) is 5.75. The summed E-state index contributed by atoms with van der Waals surface area (Å²) < 4.78 is 5.65. The number of ether oxygens (including phenoxy) is 1. The van der Waals surface area contributed by atoms with Crippen molar-refractivity contribution in [1.29, 1.82) is 0 Å². The summed E-state index contributed by atoms with van der Waals surface area (Å²) in [7, 11) is 0. The lowest BCUT2D eigenvalue weighted by Crippen LogP contribution is -2.32. The molecule has 1 heterocycles. The summed E-state index contributed by atoms with van der Waals surface area (Å²) in [6.45, 7) is 2.64. The number of rotatable bonds is 8. The van der Waals surface area contributed by atoms with Crippen LogP contribution in [-0.2, 0) is 9.53 Å². The third-order valence-corrected chi connectivity index (χ3v) is 3.17. The number of aromatic amines is 1. The molecule has 1 aromatic heterocycles. The van der Waals surface area contributed by atoms with Crippen molar-refractivity contribution in [1.82, 2.24) is 10.3 Å². The Hall–Kier alpha value is -1.34. The number of carbonyl (C=O) groups excluding carboxylic acids is 2. The van der Waals surface area contributed by atoms with Crippen LogP contribution in [0.1, 0.15) is 36.7 Å². The number of halogens is 1. The molecule has 1 atom stereocenters. The Morgan fingerprint density at radius 1 is 1.50 bits per heavy atom. The van der Waals surface area contributed by atoms with Gasteiger partial charge in [0.2, 0.25) is 0 Å². The van der Waals surface area contributed by atoms with E-state index in [-0.39, 0.29) is 11.9 Å². The largest absolute Gasteiger partial charge is 0.465 e. The quantitative estimate of drug-likeness (QED) is 0.492. The third-order valence-electron chi connectivity index (χ3n) is 2.71. The number of unbranched alkanes of at least 4 members (excludes halogenated alkanes) is 1.